The first-order valence-electron chi connectivity index (χ1n) is 15.4. The van der Waals surface area contributed by atoms with Crippen LogP contribution in [0.4, 0.5) is 16.4 Å². The molecule has 0 bridgehead atoms. The number of unbranched alkanes of at least 4 members (excludes halogenated alkanes) is 2. The first kappa shape index (κ1) is 33.5. The van der Waals surface area contributed by atoms with Gasteiger partial charge in [0, 0.05) is 18.8 Å². The number of hydrogen-bond donors (Lipinski definition) is 0. The van der Waals surface area contributed by atoms with Crippen molar-refractivity contribution in [1.82, 2.24) is 0 Å². The van der Waals surface area contributed by atoms with Gasteiger partial charge in [0.15, 0.2) is 5.00 Å². The average molecular weight is 567 g/mol. The fourth-order valence-electron chi connectivity index (χ4n) is 5.08. The Kier molecular flexibility index (Phi) is 15.0. The quantitative estimate of drug-likeness (QED) is 0.133. The third-order valence-electron chi connectivity index (χ3n) is 7.80. The molecule has 0 N–H and O–H groups in total. The van der Waals surface area contributed by atoms with Crippen molar-refractivity contribution in [2.24, 2.45) is 22.1 Å². The van der Waals surface area contributed by atoms with Gasteiger partial charge in [0.2, 0.25) is 0 Å². The number of azo groups is 1. The van der Waals surface area contributed by atoms with Crippen LogP contribution in [0, 0.1) is 30.1 Å². The first-order chi connectivity index (χ1) is 19.4. The van der Waals surface area contributed by atoms with Crippen molar-refractivity contribution in [1.29, 1.82) is 5.26 Å². The summed E-state index contributed by atoms with van der Waals surface area (Å²) in [7, 11) is 0. The van der Waals surface area contributed by atoms with Gasteiger partial charge >= 0.3 is 5.97 Å². The monoisotopic (exact) mass is 566 g/mol. The smallest absolute Gasteiger partial charge is 0.348 e. The summed E-state index contributed by atoms with van der Waals surface area (Å²) >= 11 is 1.17. The summed E-state index contributed by atoms with van der Waals surface area (Å²) in [6, 6.07) is 8.71. The minimum absolute atomic E-state index is 0.285. The topological polar surface area (TPSA) is 78.1 Å². The molecule has 0 amide bonds. The van der Waals surface area contributed by atoms with Crippen LogP contribution >= 0.6 is 11.3 Å². The van der Waals surface area contributed by atoms with Crippen molar-refractivity contribution in [3.63, 3.8) is 0 Å². The number of aryl methyl sites for hydroxylation is 1. The summed E-state index contributed by atoms with van der Waals surface area (Å²) in [4.78, 5) is 15.4. The number of carbonyl (C=O) groups excluding carboxylic acids is 1. The van der Waals surface area contributed by atoms with Crippen molar-refractivity contribution < 1.29 is 9.53 Å². The van der Waals surface area contributed by atoms with Crippen LogP contribution in [0.1, 0.15) is 119 Å². The highest BCUT2D eigenvalue weighted by Gasteiger charge is 2.22. The zero-order valence-corrected chi connectivity index (χ0v) is 26.7. The second-order valence-corrected chi connectivity index (χ2v) is 11.7. The Bertz CT molecular complexity index is 1120. The highest BCUT2D eigenvalue weighted by atomic mass is 32.1. The minimum atomic E-state index is -0.421. The van der Waals surface area contributed by atoms with Crippen molar-refractivity contribution >= 4 is 33.7 Å². The number of nitriles is 1. The molecule has 2 atom stereocenters. The molecule has 1 aromatic heterocycles. The van der Waals surface area contributed by atoms with Gasteiger partial charge in [-0.3, -0.25) is 0 Å². The molecule has 1 aromatic carbocycles. The Labute approximate surface area is 246 Å². The Morgan fingerprint density at radius 1 is 1.00 bits per heavy atom. The van der Waals surface area contributed by atoms with Crippen LogP contribution in [0.3, 0.4) is 0 Å². The number of ether oxygens (including phenoxy) is 1. The molecule has 2 rings (SSSR count). The first-order valence-corrected chi connectivity index (χ1v) is 16.2. The fourth-order valence-corrected chi connectivity index (χ4v) is 6.06. The van der Waals surface area contributed by atoms with E-state index in [1.807, 2.05) is 0 Å². The van der Waals surface area contributed by atoms with E-state index in [-0.39, 0.29) is 6.61 Å². The Balaban J connectivity index is 2.40. The van der Waals surface area contributed by atoms with Crippen molar-refractivity contribution in [3.8, 4) is 6.07 Å². The maximum absolute atomic E-state index is 12.3. The second kappa shape index (κ2) is 17.9. The lowest BCUT2D eigenvalue weighted by Gasteiger charge is -2.33. The van der Waals surface area contributed by atoms with Gasteiger partial charge in [0.25, 0.3) is 0 Å². The maximum Gasteiger partial charge on any atom is 0.348 e. The van der Waals surface area contributed by atoms with Crippen LogP contribution in [-0.4, -0.2) is 25.7 Å². The van der Waals surface area contributed by atoms with Gasteiger partial charge in [-0.05, 0) is 74.3 Å². The molecule has 0 aliphatic carbocycles. The van der Waals surface area contributed by atoms with Crippen LogP contribution in [0.2, 0.25) is 0 Å². The van der Waals surface area contributed by atoms with Crippen LogP contribution < -0.4 is 4.90 Å². The molecule has 40 heavy (non-hydrogen) atoms. The summed E-state index contributed by atoms with van der Waals surface area (Å²) < 4.78 is 5.16. The molecule has 1 heterocycles. The van der Waals surface area contributed by atoms with Crippen LogP contribution in [-0.2, 0) is 11.2 Å². The van der Waals surface area contributed by atoms with Gasteiger partial charge in [-0.2, -0.15) is 5.26 Å². The van der Waals surface area contributed by atoms with E-state index >= 15 is 0 Å². The second-order valence-electron chi connectivity index (χ2n) is 10.7. The van der Waals surface area contributed by atoms with E-state index in [9.17, 15) is 10.1 Å². The summed E-state index contributed by atoms with van der Waals surface area (Å²) in [6.07, 6.45) is 10.8. The minimum Gasteiger partial charge on any atom is -0.462 e. The Hall–Kier alpha value is -2.72. The lowest BCUT2D eigenvalue weighted by atomic mass is 9.95. The molecule has 0 saturated heterocycles. The lowest BCUT2D eigenvalue weighted by Crippen LogP contribution is -2.34. The normalized spacial score (nSPS) is 12.8. The van der Waals surface area contributed by atoms with Crippen molar-refractivity contribution in [2.45, 2.75) is 106 Å². The number of nitrogens with zero attached hydrogens (tertiary/aromatic N) is 4. The van der Waals surface area contributed by atoms with Gasteiger partial charge in [-0.15, -0.1) is 21.6 Å². The van der Waals surface area contributed by atoms with Gasteiger partial charge in [0.1, 0.15) is 10.9 Å². The zero-order valence-electron chi connectivity index (χ0n) is 25.9. The Morgan fingerprint density at radius 3 is 2.12 bits per heavy atom. The fraction of sp³-hybridized carbons (Fsp3) is 0.636. The van der Waals surface area contributed by atoms with E-state index in [0.29, 0.717) is 32.8 Å². The molecule has 2 unspecified atom stereocenters. The van der Waals surface area contributed by atoms with E-state index in [2.05, 4.69) is 74.0 Å². The molecule has 2 aromatic rings. The number of hydrogen-bond acceptors (Lipinski definition) is 7. The van der Waals surface area contributed by atoms with E-state index in [1.165, 1.54) is 68.4 Å². The summed E-state index contributed by atoms with van der Waals surface area (Å²) in [5.74, 6) is 0.955. The van der Waals surface area contributed by atoms with E-state index in [1.54, 1.807) is 13.8 Å². The van der Waals surface area contributed by atoms with E-state index < -0.39 is 5.97 Å². The van der Waals surface area contributed by atoms with Gasteiger partial charge < -0.3 is 9.64 Å². The molecule has 0 aliphatic heterocycles. The summed E-state index contributed by atoms with van der Waals surface area (Å²) in [5.41, 5.74) is 4.17. The molecule has 0 radical (unpaired) electrons. The van der Waals surface area contributed by atoms with Crippen LogP contribution in [0.15, 0.2) is 28.4 Å². The molecule has 7 heteroatoms. The van der Waals surface area contributed by atoms with Gasteiger partial charge in [-0.25, -0.2) is 4.79 Å². The predicted octanol–water partition coefficient (Wildman–Crippen LogP) is 10.3. The summed E-state index contributed by atoms with van der Waals surface area (Å²) in [6.45, 7) is 17.3. The molecule has 6 nitrogen and oxygen atoms in total. The number of esters is 1. The maximum atomic E-state index is 12.3. The number of carbonyl (C=O) groups is 1. The largest absolute Gasteiger partial charge is 0.462 e. The molecule has 0 saturated carbocycles. The molecular formula is C33H50N4O2S. The number of thiophene rings is 1. The van der Waals surface area contributed by atoms with Crippen molar-refractivity contribution in [3.05, 3.63) is 39.8 Å². The molecular weight excluding hydrogens is 516 g/mol. The van der Waals surface area contributed by atoms with E-state index in [0.717, 1.165) is 30.8 Å². The summed E-state index contributed by atoms with van der Waals surface area (Å²) in [5, 5.41) is 19.2. The molecule has 0 spiro atoms. The highest BCUT2D eigenvalue weighted by molar-refractivity contribution is 7.18. The third kappa shape index (κ3) is 9.44. The van der Waals surface area contributed by atoms with Gasteiger partial charge in [-0.1, -0.05) is 73.1 Å². The van der Waals surface area contributed by atoms with Crippen molar-refractivity contribution in [2.75, 3.05) is 24.6 Å². The van der Waals surface area contributed by atoms with Crippen LogP contribution in [0.5, 0.6) is 0 Å². The van der Waals surface area contributed by atoms with E-state index in [4.69, 9.17) is 4.74 Å². The lowest BCUT2D eigenvalue weighted by molar-refractivity contribution is 0.0531. The van der Waals surface area contributed by atoms with Crippen LogP contribution in [0.25, 0.3) is 0 Å². The molecule has 0 fully saturated rings. The zero-order chi connectivity index (χ0) is 29.5. The third-order valence-corrected chi connectivity index (χ3v) is 8.96. The molecule has 220 valence electrons. The average Bonchev–Trinajstić information content (AvgIpc) is 3.30. The predicted molar refractivity (Wildman–Crippen MR) is 169 cm³/mol. The number of rotatable bonds is 18. The SMILES string of the molecule is CCCCC(CC)CN(CC(CC)CCCC)c1ccc(N=Nc2sc(C(=O)OCC)c(C)c2C#N)c(CC)c1. The molecule has 0 aliphatic rings. The number of benzene rings is 1. The Morgan fingerprint density at radius 2 is 1.62 bits per heavy atom. The highest BCUT2D eigenvalue weighted by Crippen LogP contribution is 2.37. The standard InChI is InChI=1S/C33H50N4O2S/c1-8-14-16-25(10-3)22-37(23-26(11-4)17-15-9-2)28-18-19-30(27(12-5)20-28)35-36-32-29(21-34)24(7)31(40-32)33(38)39-13-6/h18-20,25-26H,8-17,22-23H2,1-7H3. The number of anilines is 1. The van der Waals surface area contributed by atoms with Gasteiger partial charge in [0.05, 0.1) is 17.9 Å².